The number of nitrogens with zero attached hydrogens (tertiary/aromatic N) is 2. The Kier molecular flexibility index (Phi) is 5.78. The zero-order chi connectivity index (χ0) is 19.4. The molecule has 2 N–H and O–H groups in total. The fourth-order valence-electron chi connectivity index (χ4n) is 3.14. The molecule has 1 amide bonds. The Morgan fingerprint density at radius 3 is 2.48 bits per heavy atom. The number of nitrogens with one attached hydrogen (secondary N) is 1. The molecule has 1 aromatic heterocycles. The van der Waals surface area contributed by atoms with Gasteiger partial charge in [0.25, 0.3) is 5.91 Å². The number of benzene rings is 2. The number of fused-ring (bicyclic) bond motifs is 1. The van der Waals surface area contributed by atoms with Crippen LogP contribution in [0.25, 0.3) is 16.6 Å². The molecule has 1 unspecified atom stereocenters. The second-order valence-electron chi connectivity index (χ2n) is 6.65. The maximum Gasteiger partial charge on any atom is 0.274 e. The monoisotopic (exact) mass is 367 g/mol. The molecule has 0 saturated heterocycles. The van der Waals surface area contributed by atoms with Crippen LogP contribution in [0, 0.1) is 0 Å². The van der Waals surface area contributed by atoms with Crippen LogP contribution in [-0.4, -0.2) is 54.5 Å². The molecule has 6 heteroatoms. The van der Waals surface area contributed by atoms with Crippen molar-refractivity contribution >= 4 is 16.8 Å². The van der Waals surface area contributed by atoms with Gasteiger partial charge in [0.15, 0.2) is 11.4 Å². The molecular weight excluding hydrogens is 342 g/mol. The van der Waals surface area contributed by atoms with Gasteiger partial charge in [-0.3, -0.25) is 4.79 Å². The van der Waals surface area contributed by atoms with Gasteiger partial charge in [-0.25, -0.2) is 0 Å². The molecule has 0 bridgehead atoms. The number of carbonyl (C=O) groups is 1. The summed E-state index contributed by atoms with van der Waals surface area (Å²) in [6.45, 7) is 0.667. The molecule has 142 valence electrons. The number of hydrogen-bond donors (Lipinski definition) is 2. The van der Waals surface area contributed by atoms with Gasteiger partial charge in [0.2, 0.25) is 0 Å². The number of hydrogen-bond acceptors (Lipinski definition) is 4. The van der Waals surface area contributed by atoms with Crippen molar-refractivity contribution in [1.29, 1.82) is 0 Å². The van der Waals surface area contributed by atoms with E-state index in [-0.39, 0.29) is 5.91 Å². The molecule has 1 atom stereocenters. The van der Waals surface area contributed by atoms with Crippen LogP contribution in [0.3, 0.4) is 0 Å². The highest BCUT2D eigenvalue weighted by Crippen LogP contribution is 2.35. The van der Waals surface area contributed by atoms with Gasteiger partial charge in [0.05, 0.1) is 12.6 Å². The van der Waals surface area contributed by atoms with Gasteiger partial charge in [-0.15, -0.1) is 0 Å². The lowest BCUT2D eigenvalue weighted by molar-refractivity contribution is 0.0736. The van der Waals surface area contributed by atoms with Gasteiger partial charge in [0, 0.05) is 24.0 Å². The Bertz CT molecular complexity index is 919. The molecule has 0 aliphatic carbocycles. The predicted octanol–water partition coefficient (Wildman–Crippen LogP) is 2.64. The standard InChI is InChI=1S/C21H25N3O3/c1-23(2)14-13-18(25)22-21(26)19-20(27-3)16-11-7-8-12-17(16)24(19)15-9-5-4-6-10-15/h4-12,18,25H,13-14H2,1-3H3,(H,22,26). The lowest BCUT2D eigenvalue weighted by Gasteiger charge is -2.17. The molecule has 3 aromatic rings. The first-order chi connectivity index (χ1) is 13.0. The third kappa shape index (κ3) is 3.97. The normalized spacial score (nSPS) is 12.3. The highest BCUT2D eigenvalue weighted by Gasteiger charge is 2.25. The molecule has 6 nitrogen and oxygen atoms in total. The number of carbonyl (C=O) groups excluding carboxylic acids is 1. The molecule has 3 rings (SSSR count). The summed E-state index contributed by atoms with van der Waals surface area (Å²) in [7, 11) is 5.39. The van der Waals surface area contributed by atoms with Crippen molar-refractivity contribution in [2.24, 2.45) is 0 Å². The maximum atomic E-state index is 13.1. The van der Waals surface area contributed by atoms with Crippen LogP contribution in [0.5, 0.6) is 5.75 Å². The smallest absolute Gasteiger partial charge is 0.274 e. The molecule has 0 aliphatic rings. The summed E-state index contributed by atoms with van der Waals surface area (Å²) in [5.74, 6) is 0.116. The first kappa shape index (κ1) is 18.9. The van der Waals surface area contributed by atoms with Crippen molar-refractivity contribution in [3.8, 4) is 11.4 Å². The van der Waals surface area contributed by atoms with Gasteiger partial charge in [-0.1, -0.05) is 30.3 Å². The maximum absolute atomic E-state index is 13.1. The second kappa shape index (κ2) is 8.24. The molecule has 0 saturated carbocycles. The molecule has 27 heavy (non-hydrogen) atoms. The number of aromatic nitrogens is 1. The van der Waals surface area contributed by atoms with Crippen LogP contribution in [-0.2, 0) is 0 Å². The van der Waals surface area contributed by atoms with Gasteiger partial charge >= 0.3 is 0 Å². The number of aliphatic hydroxyl groups excluding tert-OH is 1. The van der Waals surface area contributed by atoms with E-state index < -0.39 is 6.23 Å². The summed E-state index contributed by atoms with van der Waals surface area (Å²) < 4.78 is 7.45. The number of ether oxygens (including phenoxy) is 1. The van der Waals surface area contributed by atoms with Crippen molar-refractivity contribution in [2.75, 3.05) is 27.7 Å². The third-order valence-corrected chi connectivity index (χ3v) is 4.41. The van der Waals surface area contributed by atoms with Gasteiger partial charge < -0.3 is 24.6 Å². The zero-order valence-corrected chi connectivity index (χ0v) is 15.8. The van der Waals surface area contributed by atoms with Gasteiger partial charge in [0.1, 0.15) is 6.23 Å². The summed E-state index contributed by atoms with van der Waals surface area (Å²) >= 11 is 0. The number of rotatable bonds is 7. The van der Waals surface area contributed by atoms with Crippen LogP contribution >= 0.6 is 0 Å². The average Bonchev–Trinajstić information content (AvgIpc) is 3.01. The minimum atomic E-state index is -0.938. The fraction of sp³-hybridized carbons (Fsp3) is 0.286. The zero-order valence-electron chi connectivity index (χ0n) is 15.8. The van der Waals surface area contributed by atoms with E-state index in [4.69, 9.17) is 4.74 Å². The first-order valence-electron chi connectivity index (χ1n) is 8.89. The van der Waals surface area contributed by atoms with E-state index in [1.165, 1.54) is 0 Å². The van der Waals surface area contributed by atoms with Gasteiger partial charge in [-0.05, 0) is 38.4 Å². The molecular formula is C21H25N3O3. The van der Waals surface area contributed by atoms with Crippen molar-refractivity contribution in [1.82, 2.24) is 14.8 Å². The van der Waals surface area contributed by atoms with E-state index in [2.05, 4.69) is 5.32 Å². The summed E-state index contributed by atoms with van der Waals surface area (Å²) in [6.07, 6.45) is -0.501. The topological polar surface area (TPSA) is 66.7 Å². The average molecular weight is 367 g/mol. The molecule has 0 spiro atoms. The number of aliphatic hydroxyl groups is 1. The minimum absolute atomic E-state index is 0.369. The van der Waals surface area contributed by atoms with Crippen molar-refractivity contribution in [3.05, 3.63) is 60.3 Å². The van der Waals surface area contributed by atoms with Crippen LogP contribution in [0.1, 0.15) is 16.9 Å². The number of methoxy groups -OCH3 is 1. The number of para-hydroxylation sites is 2. The van der Waals surface area contributed by atoms with Crippen molar-refractivity contribution < 1.29 is 14.6 Å². The highest BCUT2D eigenvalue weighted by atomic mass is 16.5. The Balaban J connectivity index is 2.07. The van der Waals surface area contributed by atoms with E-state index in [1.54, 1.807) is 7.11 Å². The van der Waals surface area contributed by atoms with E-state index in [0.717, 1.165) is 16.6 Å². The van der Waals surface area contributed by atoms with E-state index in [0.29, 0.717) is 24.4 Å². The second-order valence-corrected chi connectivity index (χ2v) is 6.65. The minimum Gasteiger partial charge on any atom is -0.494 e. The SMILES string of the molecule is COc1c(C(=O)NC(O)CCN(C)C)n(-c2ccccc2)c2ccccc12. The lowest BCUT2D eigenvalue weighted by Crippen LogP contribution is -2.37. The largest absolute Gasteiger partial charge is 0.494 e. The van der Waals surface area contributed by atoms with E-state index in [9.17, 15) is 9.90 Å². The highest BCUT2D eigenvalue weighted by molar-refractivity contribution is 6.05. The van der Waals surface area contributed by atoms with E-state index >= 15 is 0 Å². The molecule has 2 aromatic carbocycles. The van der Waals surface area contributed by atoms with Crippen LogP contribution in [0.4, 0.5) is 0 Å². The Labute approximate surface area is 159 Å². The summed E-state index contributed by atoms with van der Waals surface area (Å²) in [5.41, 5.74) is 2.09. The van der Waals surface area contributed by atoms with Gasteiger partial charge in [-0.2, -0.15) is 0 Å². The molecule has 0 aliphatic heterocycles. The van der Waals surface area contributed by atoms with Crippen LogP contribution in [0.15, 0.2) is 54.6 Å². The first-order valence-corrected chi connectivity index (χ1v) is 8.89. The summed E-state index contributed by atoms with van der Waals surface area (Å²) in [5, 5.41) is 13.8. The van der Waals surface area contributed by atoms with E-state index in [1.807, 2.05) is 78.2 Å². The van der Waals surface area contributed by atoms with Crippen LogP contribution in [0.2, 0.25) is 0 Å². The summed E-state index contributed by atoms with van der Waals surface area (Å²) in [4.78, 5) is 15.0. The molecule has 0 fully saturated rings. The fourth-order valence-corrected chi connectivity index (χ4v) is 3.14. The Hall–Kier alpha value is -2.83. The van der Waals surface area contributed by atoms with Crippen molar-refractivity contribution in [3.63, 3.8) is 0 Å². The summed E-state index contributed by atoms with van der Waals surface area (Å²) in [6, 6.07) is 17.3. The Morgan fingerprint density at radius 1 is 1.15 bits per heavy atom. The molecule has 1 heterocycles. The lowest BCUT2D eigenvalue weighted by atomic mass is 10.2. The quantitative estimate of drug-likeness (QED) is 0.630. The third-order valence-electron chi connectivity index (χ3n) is 4.41. The van der Waals surface area contributed by atoms with Crippen molar-refractivity contribution in [2.45, 2.75) is 12.6 Å². The number of amides is 1. The molecule has 0 radical (unpaired) electrons. The Morgan fingerprint density at radius 2 is 1.81 bits per heavy atom. The predicted molar refractivity (Wildman–Crippen MR) is 106 cm³/mol. The van der Waals surface area contributed by atoms with Crippen LogP contribution < -0.4 is 10.1 Å².